The molecule has 1 unspecified atom stereocenters. The molecular weight excluding hydrogens is 296 g/mol. The molecule has 3 rings (SSSR count). The highest BCUT2D eigenvalue weighted by Crippen LogP contribution is 2.21. The Kier molecular flexibility index (Phi) is 5.58. The van der Waals surface area contributed by atoms with E-state index < -0.39 is 0 Å². The Balaban J connectivity index is 0.00000176. The van der Waals surface area contributed by atoms with E-state index in [-0.39, 0.29) is 24.4 Å². The van der Waals surface area contributed by atoms with Gasteiger partial charge in [0.05, 0.1) is 0 Å². The number of hydrogen-bond acceptors (Lipinski definition) is 2. The van der Waals surface area contributed by atoms with Gasteiger partial charge in [-0.2, -0.15) is 0 Å². The number of rotatable bonds is 3. The predicted molar refractivity (Wildman–Crippen MR) is 91.3 cm³/mol. The molecule has 0 bridgehead atoms. The molecule has 3 nitrogen and oxygen atoms in total. The standard InChI is InChI=1S/C18H20N2O.ClH/c19-12-13-5-7-15(8-6-13)18(21)20-17-10-9-14-3-1-2-4-16(14)11-17;/h1-8,17H,9-12,19H2,(H,20,21);1H. The third kappa shape index (κ3) is 3.67. The number of carbonyl (C=O) groups excluding carboxylic acids is 1. The van der Waals surface area contributed by atoms with Crippen LogP contribution in [-0.2, 0) is 19.4 Å². The zero-order chi connectivity index (χ0) is 14.7. The van der Waals surface area contributed by atoms with Crippen LogP contribution in [-0.4, -0.2) is 11.9 Å². The van der Waals surface area contributed by atoms with Gasteiger partial charge in [0.1, 0.15) is 0 Å². The van der Waals surface area contributed by atoms with Crippen molar-refractivity contribution in [2.24, 2.45) is 5.73 Å². The van der Waals surface area contributed by atoms with Crippen molar-refractivity contribution in [1.82, 2.24) is 5.32 Å². The molecule has 0 fully saturated rings. The number of nitrogens with two attached hydrogens (primary N) is 1. The minimum absolute atomic E-state index is 0. The van der Waals surface area contributed by atoms with Gasteiger partial charge in [-0.05, 0) is 48.1 Å². The first-order valence-electron chi connectivity index (χ1n) is 7.43. The van der Waals surface area contributed by atoms with Crippen LogP contribution in [0.1, 0.15) is 33.5 Å². The number of benzene rings is 2. The Labute approximate surface area is 137 Å². The molecular formula is C18H21ClN2O. The second kappa shape index (κ2) is 7.43. The van der Waals surface area contributed by atoms with E-state index in [1.807, 2.05) is 24.3 Å². The van der Waals surface area contributed by atoms with Gasteiger partial charge in [0, 0.05) is 18.2 Å². The molecule has 2 aromatic carbocycles. The van der Waals surface area contributed by atoms with Crippen LogP contribution in [0.3, 0.4) is 0 Å². The molecule has 1 aliphatic carbocycles. The van der Waals surface area contributed by atoms with Crippen LogP contribution < -0.4 is 11.1 Å². The molecule has 4 heteroatoms. The molecule has 0 radical (unpaired) electrons. The van der Waals surface area contributed by atoms with Crippen molar-refractivity contribution in [3.05, 3.63) is 70.8 Å². The van der Waals surface area contributed by atoms with Gasteiger partial charge < -0.3 is 11.1 Å². The Hall–Kier alpha value is -1.84. The summed E-state index contributed by atoms with van der Waals surface area (Å²) in [6.45, 7) is 0.501. The van der Waals surface area contributed by atoms with Gasteiger partial charge in [0.15, 0.2) is 0 Å². The molecule has 0 heterocycles. The van der Waals surface area contributed by atoms with Gasteiger partial charge in [-0.25, -0.2) is 0 Å². The molecule has 0 saturated carbocycles. The lowest BCUT2D eigenvalue weighted by Gasteiger charge is -2.25. The fraction of sp³-hybridized carbons (Fsp3) is 0.278. The number of fused-ring (bicyclic) bond motifs is 1. The largest absolute Gasteiger partial charge is 0.349 e. The second-order valence-corrected chi connectivity index (χ2v) is 5.58. The molecule has 0 aliphatic heterocycles. The van der Waals surface area contributed by atoms with E-state index in [1.54, 1.807) is 0 Å². The zero-order valence-corrected chi connectivity index (χ0v) is 13.2. The van der Waals surface area contributed by atoms with Crippen LogP contribution in [0.4, 0.5) is 0 Å². The van der Waals surface area contributed by atoms with Crippen molar-refractivity contribution < 1.29 is 4.79 Å². The maximum atomic E-state index is 12.3. The van der Waals surface area contributed by atoms with Crippen LogP contribution >= 0.6 is 12.4 Å². The average Bonchev–Trinajstić information content (AvgIpc) is 2.55. The van der Waals surface area contributed by atoms with E-state index in [9.17, 15) is 4.79 Å². The Morgan fingerprint density at radius 1 is 1.09 bits per heavy atom. The first-order chi connectivity index (χ1) is 10.3. The van der Waals surface area contributed by atoms with Gasteiger partial charge in [-0.1, -0.05) is 36.4 Å². The van der Waals surface area contributed by atoms with Crippen molar-refractivity contribution in [2.75, 3.05) is 0 Å². The molecule has 1 amide bonds. The molecule has 1 atom stereocenters. The average molecular weight is 317 g/mol. The second-order valence-electron chi connectivity index (χ2n) is 5.58. The summed E-state index contributed by atoms with van der Waals surface area (Å²) in [7, 11) is 0. The summed E-state index contributed by atoms with van der Waals surface area (Å²) in [6, 6.07) is 16.2. The molecule has 0 aromatic heterocycles. The third-order valence-electron chi connectivity index (χ3n) is 4.13. The molecule has 0 saturated heterocycles. The Morgan fingerprint density at radius 3 is 2.45 bits per heavy atom. The summed E-state index contributed by atoms with van der Waals surface area (Å²) in [6.07, 6.45) is 2.96. The molecule has 22 heavy (non-hydrogen) atoms. The number of carbonyl (C=O) groups is 1. The minimum Gasteiger partial charge on any atom is -0.349 e. The fourth-order valence-corrected chi connectivity index (χ4v) is 2.88. The lowest BCUT2D eigenvalue weighted by atomic mass is 9.88. The maximum Gasteiger partial charge on any atom is 0.251 e. The lowest BCUT2D eigenvalue weighted by molar-refractivity contribution is 0.0933. The van der Waals surface area contributed by atoms with E-state index in [1.165, 1.54) is 11.1 Å². The fourth-order valence-electron chi connectivity index (χ4n) is 2.88. The van der Waals surface area contributed by atoms with Crippen molar-refractivity contribution in [3.8, 4) is 0 Å². The highest BCUT2D eigenvalue weighted by Gasteiger charge is 2.20. The summed E-state index contributed by atoms with van der Waals surface area (Å²) in [4.78, 5) is 12.3. The van der Waals surface area contributed by atoms with Gasteiger partial charge in [-0.3, -0.25) is 4.79 Å². The zero-order valence-electron chi connectivity index (χ0n) is 12.4. The SMILES string of the molecule is Cl.NCc1ccc(C(=O)NC2CCc3ccccc3C2)cc1. The monoisotopic (exact) mass is 316 g/mol. The van der Waals surface area contributed by atoms with Crippen molar-refractivity contribution in [2.45, 2.75) is 31.8 Å². The summed E-state index contributed by atoms with van der Waals surface area (Å²) in [5, 5.41) is 3.14. The summed E-state index contributed by atoms with van der Waals surface area (Å²) < 4.78 is 0. The molecule has 3 N–H and O–H groups in total. The summed E-state index contributed by atoms with van der Waals surface area (Å²) in [5.41, 5.74) is 10.1. The first-order valence-corrected chi connectivity index (χ1v) is 7.43. The molecule has 2 aromatic rings. The topological polar surface area (TPSA) is 55.1 Å². The van der Waals surface area contributed by atoms with Crippen molar-refractivity contribution in [1.29, 1.82) is 0 Å². The van der Waals surface area contributed by atoms with E-state index in [0.717, 1.165) is 24.8 Å². The third-order valence-corrected chi connectivity index (χ3v) is 4.13. The van der Waals surface area contributed by atoms with Gasteiger partial charge in [-0.15, -0.1) is 12.4 Å². The highest BCUT2D eigenvalue weighted by atomic mass is 35.5. The Morgan fingerprint density at radius 2 is 1.77 bits per heavy atom. The van der Waals surface area contributed by atoms with Gasteiger partial charge >= 0.3 is 0 Å². The molecule has 116 valence electrons. The van der Waals surface area contributed by atoms with E-state index in [0.29, 0.717) is 12.1 Å². The number of amides is 1. The van der Waals surface area contributed by atoms with E-state index in [2.05, 4.69) is 29.6 Å². The highest BCUT2D eigenvalue weighted by molar-refractivity contribution is 5.94. The first kappa shape index (κ1) is 16.5. The predicted octanol–water partition coefficient (Wildman–Crippen LogP) is 2.85. The number of hydrogen-bond donors (Lipinski definition) is 2. The quantitative estimate of drug-likeness (QED) is 0.915. The molecule has 1 aliphatic rings. The summed E-state index contributed by atoms with van der Waals surface area (Å²) in [5.74, 6) is 0.00273. The normalized spacial score (nSPS) is 16.3. The number of nitrogens with one attached hydrogen (secondary N) is 1. The van der Waals surface area contributed by atoms with E-state index >= 15 is 0 Å². The minimum atomic E-state index is 0. The van der Waals surface area contributed by atoms with Crippen LogP contribution in [0.15, 0.2) is 48.5 Å². The van der Waals surface area contributed by atoms with Crippen molar-refractivity contribution in [3.63, 3.8) is 0 Å². The van der Waals surface area contributed by atoms with Crippen molar-refractivity contribution >= 4 is 18.3 Å². The van der Waals surface area contributed by atoms with Crippen LogP contribution in [0.5, 0.6) is 0 Å². The smallest absolute Gasteiger partial charge is 0.251 e. The van der Waals surface area contributed by atoms with Crippen LogP contribution in [0.25, 0.3) is 0 Å². The Bertz CT molecular complexity index is 640. The molecule has 0 spiro atoms. The van der Waals surface area contributed by atoms with Crippen LogP contribution in [0.2, 0.25) is 0 Å². The summed E-state index contributed by atoms with van der Waals surface area (Å²) >= 11 is 0. The van der Waals surface area contributed by atoms with E-state index in [4.69, 9.17) is 5.73 Å². The van der Waals surface area contributed by atoms with Crippen LogP contribution in [0, 0.1) is 0 Å². The number of aryl methyl sites for hydroxylation is 1. The lowest BCUT2D eigenvalue weighted by Crippen LogP contribution is -2.38. The van der Waals surface area contributed by atoms with Gasteiger partial charge in [0.25, 0.3) is 5.91 Å². The maximum absolute atomic E-state index is 12.3. The number of halogens is 1. The van der Waals surface area contributed by atoms with Gasteiger partial charge in [0.2, 0.25) is 0 Å².